The average Bonchev–Trinajstić information content (AvgIpc) is 3.05. The zero-order chi connectivity index (χ0) is 22.2. The van der Waals surface area contributed by atoms with E-state index in [2.05, 4.69) is 31.5 Å². The molecule has 1 aliphatic heterocycles. The van der Waals surface area contributed by atoms with Crippen LogP contribution in [0.15, 0.2) is 59.2 Å². The van der Waals surface area contributed by atoms with Crippen molar-refractivity contribution in [3.8, 4) is 11.5 Å². The van der Waals surface area contributed by atoms with Crippen molar-refractivity contribution >= 4 is 44.6 Å². The van der Waals surface area contributed by atoms with Gasteiger partial charge in [-0.1, -0.05) is 22.0 Å². The third-order valence-electron chi connectivity index (χ3n) is 5.01. The summed E-state index contributed by atoms with van der Waals surface area (Å²) in [6, 6.07) is 9.39. The highest BCUT2D eigenvalue weighted by molar-refractivity contribution is 9.10. The monoisotopic (exact) mass is 484 g/mol. The van der Waals surface area contributed by atoms with Crippen LogP contribution >= 0.6 is 15.9 Å². The molecule has 160 valence electrons. The topological polar surface area (TPSA) is 97.6 Å². The van der Waals surface area contributed by atoms with Crippen LogP contribution in [0.4, 0.5) is 11.6 Å². The molecule has 0 spiro atoms. The number of rotatable bonds is 6. The normalized spacial score (nSPS) is 17.4. The molecule has 2 heterocycles. The van der Waals surface area contributed by atoms with Gasteiger partial charge in [-0.3, -0.25) is 0 Å². The lowest BCUT2D eigenvalue weighted by molar-refractivity contribution is -0.152. The zero-order valence-corrected chi connectivity index (χ0v) is 18.7. The van der Waals surface area contributed by atoms with Crippen molar-refractivity contribution in [2.75, 3.05) is 12.4 Å². The van der Waals surface area contributed by atoms with Crippen molar-refractivity contribution in [2.24, 2.45) is 7.05 Å². The molecule has 0 bridgehead atoms. The lowest BCUT2D eigenvalue weighted by Crippen LogP contribution is -2.54. The van der Waals surface area contributed by atoms with Crippen LogP contribution in [0, 0.1) is 6.92 Å². The molecule has 0 fully saturated rings. The molecule has 0 saturated heterocycles. The number of carboxylic acids is 1. The Labute approximate surface area is 187 Å². The molecule has 4 rings (SSSR count). The Hall–Kier alpha value is -3.46. The smallest absolute Gasteiger partial charge is 0.374 e. The molecule has 1 aromatic heterocycles. The minimum Gasteiger partial charge on any atom is -0.493 e. The van der Waals surface area contributed by atoms with Gasteiger partial charge in [0.1, 0.15) is 0 Å². The van der Waals surface area contributed by atoms with Crippen LogP contribution in [-0.2, 0) is 11.8 Å². The molecular weight excluding hydrogens is 464 g/mol. The summed E-state index contributed by atoms with van der Waals surface area (Å²) in [5, 5.41) is 15.8. The third kappa shape index (κ3) is 3.84. The van der Waals surface area contributed by atoms with Crippen LogP contribution in [0.3, 0.4) is 0 Å². The van der Waals surface area contributed by atoms with Crippen LogP contribution in [0.2, 0.25) is 0 Å². The second-order valence-electron chi connectivity index (χ2n) is 7.08. The Morgan fingerprint density at radius 2 is 2.06 bits per heavy atom. The van der Waals surface area contributed by atoms with E-state index in [9.17, 15) is 9.90 Å². The van der Waals surface area contributed by atoms with Gasteiger partial charge in [-0.2, -0.15) is 0 Å². The molecular formula is C22H21BrN4O4. The number of carboxylic acid groups (broad SMARTS) is 1. The number of aryl methyl sites for hydroxylation is 2. The maximum absolute atomic E-state index is 11.9. The maximum atomic E-state index is 11.9. The van der Waals surface area contributed by atoms with Crippen LogP contribution in [0.25, 0.3) is 11.0 Å². The first-order chi connectivity index (χ1) is 14.8. The van der Waals surface area contributed by atoms with E-state index in [1.165, 1.54) is 19.4 Å². The van der Waals surface area contributed by atoms with E-state index >= 15 is 0 Å². The number of ether oxygens (including phenoxy) is 2. The predicted molar refractivity (Wildman–Crippen MR) is 122 cm³/mol. The highest BCUT2D eigenvalue weighted by Crippen LogP contribution is 2.36. The summed E-state index contributed by atoms with van der Waals surface area (Å²) in [5.74, 6) is 0.104. The van der Waals surface area contributed by atoms with Crippen molar-refractivity contribution in [3.05, 3.63) is 64.8 Å². The van der Waals surface area contributed by atoms with Gasteiger partial charge in [0.15, 0.2) is 11.5 Å². The molecule has 3 N–H and O–H groups in total. The Kier molecular flexibility index (Phi) is 5.36. The van der Waals surface area contributed by atoms with Crippen LogP contribution in [-0.4, -0.2) is 33.5 Å². The molecule has 3 aromatic rings. The van der Waals surface area contributed by atoms with Gasteiger partial charge in [0.05, 0.1) is 18.1 Å². The molecule has 1 unspecified atom stereocenters. The number of hydrogen-bond donors (Lipinski definition) is 3. The molecule has 9 heteroatoms. The van der Waals surface area contributed by atoms with Gasteiger partial charge in [0, 0.05) is 35.5 Å². The quantitative estimate of drug-likeness (QED) is 0.481. The number of anilines is 2. The summed E-state index contributed by atoms with van der Waals surface area (Å²) < 4.78 is 14.3. The van der Waals surface area contributed by atoms with Crippen molar-refractivity contribution in [1.82, 2.24) is 14.9 Å². The third-order valence-corrected chi connectivity index (χ3v) is 5.89. The number of hydrogen-bond acceptors (Lipinski definition) is 6. The molecule has 0 radical (unpaired) electrons. The lowest BCUT2D eigenvalue weighted by atomic mass is 10.1. The highest BCUT2D eigenvalue weighted by Gasteiger charge is 2.39. The number of carbonyl (C=O) groups is 1. The highest BCUT2D eigenvalue weighted by atomic mass is 79.9. The first kappa shape index (κ1) is 20.8. The van der Waals surface area contributed by atoms with E-state index in [-0.39, 0.29) is 5.75 Å². The van der Waals surface area contributed by atoms with E-state index < -0.39 is 11.7 Å². The largest absolute Gasteiger partial charge is 0.493 e. The first-order valence-electron chi connectivity index (χ1n) is 9.45. The Morgan fingerprint density at radius 1 is 1.26 bits per heavy atom. The van der Waals surface area contributed by atoms with Crippen LogP contribution < -0.4 is 20.1 Å². The van der Waals surface area contributed by atoms with Crippen molar-refractivity contribution in [3.63, 3.8) is 0 Å². The van der Waals surface area contributed by atoms with Gasteiger partial charge in [-0.15, -0.1) is 0 Å². The van der Waals surface area contributed by atoms with Gasteiger partial charge < -0.3 is 29.8 Å². The maximum Gasteiger partial charge on any atom is 0.374 e. The number of nitrogens with zero attached hydrogens (tertiary/aromatic N) is 2. The van der Waals surface area contributed by atoms with Crippen molar-refractivity contribution in [2.45, 2.75) is 12.6 Å². The summed E-state index contributed by atoms with van der Waals surface area (Å²) >= 11 is 3.50. The Morgan fingerprint density at radius 3 is 2.71 bits per heavy atom. The minimum atomic E-state index is -1.74. The number of methoxy groups -OCH3 is 1. The minimum absolute atomic E-state index is 0.258. The van der Waals surface area contributed by atoms with Gasteiger partial charge in [-0.25, -0.2) is 9.78 Å². The molecule has 0 aliphatic carbocycles. The molecule has 8 nitrogen and oxygen atoms in total. The summed E-state index contributed by atoms with van der Waals surface area (Å²) in [6.45, 7) is 2.01. The van der Waals surface area contributed by atoms with Crippen molar-refractivity contribution < 1.29 is 19.4 Å². The fourth-order valence-corrected chi connectivity index (χ4v) is 3.53. The summed E-state index contributed by atoms with van der Waals surface area (Å²) in [7, 11) is 3.39. The van der Waals surface area contributed by atoms with Crippen LogP contribution in [0.5, 0.6) is 11.5 Å². The molecule has 0 amide bonds. The second kappa shape index (κ2) is 7.99. The number of benzene rings is 2. The van der Waals surface area contributed by atoms with Gasteiger partial charge in [0.2, 0.25) is 5.95 Å². The van der Waals surface area contributed by atoms with Gasteiger partial charge >= 0.3 is 5.97 Å². The number of fused-ring (bicyclic) bond motifs is 1. The fourth-order valence-electron chi connectivity index (χ4n) is 3.28. The summed E-state index contributed by atoms with van der Waals surface area (Å²) in [5.41, 5.74) is 1.70. The Balaban J connectivity index is 1.73. The van der Waals surface area contributed by atoms with E-state index in [1.54, 1.807) is 24.3 Å². The second-order valence-corrected chi connectivity index (χ2v) is 7.93. The van der Waals surface area contributed by atoms with E-state index in [4.69, 9.17) is 9.47 Å². The van der Waals surface area contributed by atoms with E-state index in [0.29, 0.717) is 17.2 Å². The van der Waals surface area contributed by atoms with E-state index in [1.807, 2.05) is 36.7 Å². The number of aromatic nitrogens is 2. The fraction of sp³-hybridized carbons (Fsp3) is 0.182. The molecule has 1 aliphatic rings. The first-order valence-corrected chi connectivity index (χ1v) is 10.2. The predicted octanol–water partition coefficient (Wildman–Crippen LogP) is 4.23. The summed E-state index contributed by atoms with van der Waals surface area (Å²) in [6.07, 6.45) is 6.24. The molecule has 2 aromatic carbocycles. The van der Waals surface area contributed by atoms with Crippen molar-refractivity contribution in [1.29, 1.82) is 0 Å². The number of dihydropyridines is 1. The Bertz CT molecular complexity index is 1230. The standard InChI is InChI=1S/C22H21BrN4O4/c1-13-10-14(6-7-15(13)23)25-21-26-16-11-19(18(30-3)12-17(16)27(21)2)31-22(20(28)29)8-4-5-9-24-22/h4-12,24H,1-3H3,(H,25,26)(H,28,29). The molecule has 1 atom stereocenters. The summed E-state index contributed by atoms with van der Waals surface area (Å²) in [4.78, 5) is 16.6. The molecule has 31 heavy (non-hydrogen) atoms. The number of halogens is 1. The lowest BCUT2D eigenvalue weighted by Gasteiger charge is -2.29. The zero-order valence-electron chi connectivity index (χ0n) is 17.1. The molecule has 0 saturated carbocycles. The van der Waals surface area contributed by atoms with Crippen LogP contribution in [0.1, 0.15) is 5.56 Å². The van der Waals surface area contributed by atoms with Gasteiger partial charge in [-0.05, 0) is 42.8 Å². The SMILES string of the molecule is COc1cc2c(cc1OC1(C(=O)O)C=CC=CN1)nc(Nc1ccc(Br)c(C)c1)n2C. The van der Waals surface area contributed by atoms with E-state index in [0.717, 1.165) is 21.2 Å². The van der Waals surface area contributed by atoms with Gasteiger partial charge in [0.25, 0.3) is 5.72 Å². The number of nitrogens with one attached hydrogen (secondary N) is 2. The number of allylic oxidation sites excluding steroid dienone is 2. The number of imidazole rings is 1. The number of aliphatic carboxylic acids is 1. The average molecular weight is 485 g/mol.